The van der Waals surface area contributed by atoms with Gasteiger partial charge in [-0.05, 0) is 24.6 Å². The van der Waals surface area contributed by atoms with E-state index in [0.29, 0.717) is 16.0 Å². The monoisotopic (exact) mass is 347 g/mol. The van der Waals surface area contributed by atoms with Crippen LogP contribution in [0.4, 0.5) is 11.4 Å². The van der Waals surface area contributed by atoms with E-state index in [1.165, 1.54) is 18.2 Å². The van der Waals surface area contributed by atoms with Crippen LogP contribution in [0.15, 0.2) is 41.3 Å². The summed E-state index contributed by atoms with van der Waals surface area (Å²) in [6.45, 7) is 1.03. The van der Waals surface area contributed by atoms with Crippen molar-refractivity contribution in [3.63, 3.8) is 0 Å². The number of aromatic nitrogens is 1. The normalized spacial score (nSPS) is 10.1. The number of benzene rings is 1. The van der Waals surface area contributed by atoms with E-state index in [1.807, 2.05) is 0 Å². The number of carbonyl (C=O) groups excluding carboxylic acids is 1. The van der Waals surface area contributed by atoms with E-state index in [2.05, 4.69) is 5.32 Å². The third kappa shape index (κ3) is 4.41. The molecule has 0 spiro atoms. The van der Waals surface area contributed by atoms with Crippen LogP contribution in [0.1, 0.15) is 15.9 Å². The number of hydrogen-bond donors (Lipinski definition) is 2. The fraction of sp³-hybridized carbons (Fsp3) is 0.133. The van der Waals surface area contributed by atoms with Gasteiger partial charge in [0.25, 0.3) is 17.2 Å². The minimum Gasteiger partial charge on any atom is -0.478 e. The Morgan fingerprint density at radius 1 is 1.32 bits per heavy atom. The first kappa shape index (κ1) is 17.7. The second-order valence-electron chi connectivity index (χ2n) is 4.96. The molecule has 1 aromatic carbocycles. The summed E-state index contributed by atoms with van der Waals surface area (Å²) in [6.07, 6.45) is 0.953. The van der Waals surface area contributed by atoms with Crippen molar-refractivity contribution >= 4 is 23.3 Å². The molecule has 0 aliphatic rings. The molecule has 10 nitrogen and oxygen atoms in total. The molecule has 1 heterocycles. The minimum atomic E-state index is -1.25. The summed E-state index contributed by atoms with van der Waals surface area (Å²) >= 11 is 0. The Balaban J connectivity index is 2.04. The van der Waals surface area contributed by atoms with Crippen molar-refractivity contribution in [2.45, 2.75) is 6.92 Å². The van der Waals surface area contributed by atoms with Gasteiger partial charge in [-0.15, -0.1) is 0 Å². The molecule has 1 aromatic heterocycles. The number of nitrogens with one attached hydrogen (secondary N) is 1. The molecule has 0 saturated heterocycles. The van der Waals surface area contributed by atoms with Gasteiger partial charge in [0.1, 0.15) is 0 Å². The van der Waals surface area contributed by atoms with Crippen molar-refractivity contribution in [2.75, 3.05) is 11.9 Å². The number of nitro groups is 1. The van der Waals surface area contributed by atoms with E-state index in [4.69, 9.17) is 9.94 Å². The lowest BCUT2D eigenvalue weighted by atomic mass is 10.2. The number of pyridine rings is 1. The number of rotatable bonds is 6. The lowest BCUT2D eigenvalue weighted by Gasteiger charge is -2.10. The Bertz CT molecular complexity index is 904. The highest BCUT2D eigenvalue weighted by atomic mass is 16.7. The lowest BCUT2D eigenvalue weighted by Crippen LogP contribution is -2.32. The van der Waals surface area contributed by atoms with Crippen LogP contribution >= 0.6 is 0 Å². The summed E-state index contributed by atoms with van der Waals surface area (Å²) in [7, 11) is 0. The zero-order valence-corrected chi connectivity index (χ0v) is 13.0. The maximum Gasteiger partial charge on any atom is 0.337 e. The molecule has 1 amide bonds. The molecule has 0 fully saturated rings. The summed E-state index contributed by atoms with van der Waals surface area (Å²) in [6, 6.07) is 6.04. The number of carbonyl (C=O) groups is 2. The Kier molecular flexibility index (Phi) is 5.12. The molecular formula is C15H13N3O7. The molecule has 0 unspecified atom stereocenters. The molecule has 130 valence electrons. The Labute approximate surface area is 140 Å². The molecule has 0 aliphatic carbocycles. The molecule has 10 heteroatoms. The number of nitro benzene ring substituents is 1. The van der Waals surface area contributed by atoms with Gasteiger partial charge >= 0.3 is 5.97 Å². The number of nitrogens with zero attached hydrogens (tertiary/aromatic N) is 2. The van der Waals surface area contributed by atoms with Crippen LogP contribution in [0.25, 0.3) is 0 Å². The number of carboxylic acid groups (broad SMARTS) is 1. The molecule has 0 aliphatic heterocycles. The largest absolute Gasteiger partial charge is 0.478 e. The predicted octanol–water partition coefficient (Wildman–Crippen LogP) is 0.830. The van der Waals surface area contributed by atoms with Crippen molar-refractivity contribution < 1.29 is 24.5 Å². The first-order chi connectivity index (χ1) is 11.8. The highest BCUT2D eigenvalue weighted by Crippen LogP contribution is 2.20. The van der Waals surface area contributed by atoms with E-state index in [-0.39, 0.29) is 11.3 Å². The van der Waals surface area contributed by atoms with E-state index in [1.54, 1.807) is 6.92 Å². The van der Waals surface area contributed by atoms with Crippen LogP contribution in [0.5, 0.6) is 0 Å². The lowest BCUT2D eigenvalue weighted by molar-refractivity contribution is -0.384. The van der Waals surface area contributed by atoms with E-state index in [0.717, 1.165) is 18.3 Å². The third-order valence-electron chi connectivity index (χ3n) is 3.16. The number of anilines is 1. The molecular weight excluding hydrogens is 334 g/mol. The van der Waals surface area contributed by atoms with Gasteiger partial charge < -0.3 is 15.3 Å². The van der Waals surface area contributed by atoms with Crippen molar-refractivity contribution in [1.82, 2.24) is 4.73 Å². The van der Waals surface area contributed by atoms with E-state index < -0.39 is 29.0 Å². The average Bonchev–Trinajstić information content (AvgIpc) is 2.55. The van der Waals surface area contributed by atoms with Gasteiger partial charge in [0.05, 0.1) is 16.7 Å². The Hall–Kier alpha value is -3.69. The van der Waals surface area contributed by atoms with Crippen LogP contribution < -0.4 is 15.7 Å². The quantitative estimate of drug-likeness (QED) is 0.582. The van der Waals surface area contributed by atoms with Gasteiger partial charge in [0, 0.05) is 23.9 Å². The molecule has 0 radical (unpaired) electrons. The molecule has 0 saturated carbocycles. The summed E-state index contributed by atoms with van der Waals surface area (Å²) in [5.41, 5.74) is -0.0854. The SMILES string of the molecule is Cc1cc([N+](=O)[O-])ccc1NC(=O)COn1cc(C(=O)O)ccc1=O. The number of non-ortho nitro benzene ring substituents is 1. The smallest absolute Gasteiger partial charge is 0.337 e. The first-order valence-electron chi connectivity index (χ1n) is 6.92. The number of hydrogen-bond acceptors (Lipinski definition) is 6. The maximum absolute atomic E-state index is 11.9. The molecule has 2 rings (SSSR count). The average molecular weight is 347 g/mol. The fourth-order valence-electron chi connectivity index (χ4n) is 1.91. The Morgan fingerprint density at radius 2 is 2.04 bits per heavy atom. The van der Waals surface area contributed by atoms with Crippen LogP contribution in [-0.4, -0.2) is 33.2 Å². The van der Waals surface area contributed by atoms with Crippen molar-refractivity contribution in [3.8, 4) is 0 Å². The molecule has 2 N–H and O–H groups in total. The molecule has 0 atom stereocenters. The van der Waals surface area contributed by atoms with Gasteiger partial charge in [-0.1, -0.05) is 0 Å². The predicted molar refractivity (Wildman–Crippen MR) is 85.6 cm³/mol. The van der Waals surface area contributed by atoms with E-state index >= 15 is 0 Å². The third-order valence-corrected chi connectivity index (χ3v) is 3.16. The second-order valence-corrected chi connectivity index (χ2v) is 4.96. The van der Waals surface area contributed by atoms with Crippen LogP contribution in [0.3, 0.4) is 0 Å². The number of amides is 1. The minimum absolute atomic E-state index is 0.108. The van der Waals surface area contributed by atoms with Crippen molar-refractivity contribution in [3.05, 3.63) is 68.1 Å². The highest BCUT2D eigenvalue weighted by molar-refractivity contribution is 5.92. The van der Waals surface area contributed by atoms with Gasteiger partial charge in [-0.2, -0.15) is 4.73 Å². The summed E-state index contributed by atoms with van der Waals surface area (Å²) < 4.78 is 0.645. The molecule has 25 heavy (non-hydrogen) atoms. The summed E-state index contributed by atoms with van der Waals surface area (Å²) in [4.78, 5) is 49.4. The van der Waals surface area contributed by atoms with Crippen molar-refractivity contribution in [2.24, 2.45) is 0 Å². The topological polar surface area (TPSA) is 141 Å². The van der Waals surface area contributed by atoms with E-state index in [9.17, 15) is 24.5 Å². The maximum atomic E-state index is 11.9. The molecule has 0 bridgehead atoms. The first-order valence-corrected chi connectivity index (χ1v) is 6.92. The van der Waals surface area contributed by atoms with Gasteiger partial charge in [-0.3, -0.25) is 19.7 Å². The van der Waals surface area contributed by atoms with Crippen molar-refractivity contribution in [1.29, 1.82) is 0 Å². The van der Waals surface area contributed by atoms with Crippen LogP contribution in [0.2, 0.25) is 0 Å². The Morgan fingerprint density at radius 3 is 2.64 bits per heavy atom. The van der Waals surface area contributed by atoms with Gasteiger partial charge in [0.15, 0.2) is 6.61 Å². The number of carboxylic acids is 1. The highest BCUT2D eigenvalue weighted by Gasteiger charge is 2.12. The number of aromatic carboxylic acids is 1. The fourth-order valence-corrected chi connectivity index (χ4v) is 1.91. The summed E-state index contributed by atoms with van der Waals surface area (Å²) in [5.74, 6) is -1.87. The van der Waals surface area contributed by atoms with Gasteiger partial charge in [-0.25, -0.2) is 4.79 Å². The zero-order valence-electron chi connectivity index (χ0n) is 13.0. The summed E-state index contributed by atoms with van der Waals surface area (Å²) in [5, 5.41) is 22.0. The zero-order chi connectivity index (χ0) is 18.6. The number of aryl methyl sites for hydroxylation is 1. The van der Waals surface area contributed by atoms with Gasteiger partial charge in [0.2, 0.25) is 0 Å². The second kappa shape index (κ2) is 7.25. The van der Waals surface area contributed by atoms with Crippen LogP contribution in [-0.2, 0) is 4.79 Å². The van der Waals surface area contributed by atoms with Crippen LogP contribution in [0, 0.1) is 17.0 Å². The standard InChI is InChI=1S/C15H13N3O7/c1-9-6-11(18(23)24)3-4-12(9)16-13(19)8-25-17-7-10(15(21)22)2-5-14(17)20/h2-7H,8H2,1H3,(H,16,19)(H,21,22). The molecule has 2 aromatic rings.